The van der Waals surface area contributed by atoms with Crippen LogP contribution in [0.1, 0.15) is 27.2 Å². The summed E-state index contributed by atoms with van der Waals surface area (Å²) in [4.78, 5) is 15.6. The van der Waals surface area contributed by atoms with Crippen LogP contribution in [0.4, 0.5) is 0 Å². The molecule has 0 bridgehead atoms. The molecule has 1 amide bonds. The standard InChI is InChI=1S/C32H27Cl2N3O3/c1-22-29(21-36(20-23-9-4-3-5-10-23)31(38)28-13-6-7-14-30(28)34)32(40-27-17-15-26(39-2)16-18-27)37(35-22)25-12-8-11-24(33)19-25/h3-19H,20-21H2,1-2H3. The van der Waals surface area contributed by atoms with E-state index in [-0.39, 0.29) is 12.5 Å². The molecule has 0 aliphatic carbocycles. The third-order valence-corrected chi connectivity index (χ3v) is 6.99. The highest BCUT2D eigenvalue weighted by Crippen LogP contribution is 2.34. The Morgan fingerprint density at radius 3 is 2.25 bits per heavy atom. The summed E-state index contributed by atoms with van der Waals surface area (Å²) < 4.78 is 13.5. The van der Waals surface area contributed by atoms with Gasteiger partial charge in [-0.2, -0.15) is 5.10 Å². The van der Waals surface area contributed by atoms with Gasteiger partial charge in [0.05, 0.1) is 41.2 Å². The van der Waals surface area contributed by atoms with Crippen molar-refractivity contribution in [2.75, 3.05) is 7.11 Å². The predicted molar refractivity (Wildman–Crippen MR) is 158 cm³/mol. The highest BCUT2D eigenvalue weighted by atomic mass is 35.5. The number of nitrogens with zero attached hydrogens (tertiary/aromatic N) is 3. The highest BCUT2D eigenvalue weighted by Gasteiger charge is 2.25. The summed E-state index contributed by atoms with van der Waals surface area (Å²) in [6.45, 7) is 2.50. The number of aromatic nitrogens is 2. The fourth-order valence-electron chi connectivity index (χ4n) is 4.36. The average molecular weight is 572 g/mol. The van der Waals surface area contributed by atoms with Crippen molar-refractivity contribution in [1.29, 1.82) is 0 Å². The van der Waals surface area contributed by atoms with Gasteiger partial charge in [0.25, 0.3) is 5.91 Å². The molecule has 1 heterocycles. The van der Waals surface area contributed by atoms with Gasteiger partial charge < -0.3 is 14.4 Å². The number of ether oxygens (including phenoxy) is 2. The molecule has 1 aromatic heterocycles. The van der Waals surface area contributed by atoms with E-state index >= 15 is 0 Å². The van der Waals surface area contributed by atoms with Crippen molar-refractivity contribution in [3.05, 3.63) is 136 Å². The maximum Gasteiger partial charge on any atom is 0.255 e. The minimum atomic E-state index is -0.195. The Morgan fingerprint density at radius 2 is 1.55 bits per heavy atom. The Kier molecular flexibility index (Phi) is 8.39. The van der Waals surface area contributed by atoms with E-state index in [1.54, 1.807) is 47.0 Å². The minimum absolute atomic E-state index is 0.195. The van der Waals surface area contributed by atoms with Gasteiger partial charge in [-0.25, -0.2) is 4.68 Å². The molecule has 40 heavy (non-hydrogen) atoms. The Balaban J connectivity index is 1.59. The van der Waals surface area contributed by atoms with E-state index in [1.165, 1.54) is 0 Å². The van der Waals surface area contributed by atoms with Gasteiger partial charge in [0, 0.05) is 11.6 Å². The van der Waals surface area contributed by atoms with Crippen LogP contribution in [0, 0.1) is 6.92 Å². The summed E-state index contributed by atoms with van der Waals surface area (Å²) in [5.74, 6) is 1.60. The summed E-state index contributed by atoms with van der Waals surface area (Å²) in [5.41, 5.74) is 3.62. The van der Waals surface area contributed by atoms with Crippen LogP contribution in [-0.4, -0.2) is 27.7 Å². The molecule has 0 spiro atoms. The Labute approximate surface area is 243 Å². The Morgan fingerprint density at radius 1 is 0.850 bits per heavy atom. The molecular formula is C32H27Cl2N3O3. The summed E-state index contributed by atoms with van der Waals surface area (Å²) in [6, 6.07) is 31.6. The molecule has 4 aromatic carbocycles. The van der Waals surface area contributed by atoms with Crippen LogP contribution in [0.25, 0.3) is 5.69 Å². The summed E-state index contributed by atoms with van der Waals surface area (Å²) in [6.07, 6.45) is 0. The highest BCUT2D eigenvalue weighted by molar-refractivity contribution is 6.33. The molecule has 5 rings (SSSR count). The number of benzene rings is 4. The molecule has 0 atom stereocenters. The van der Waals surface area contributed by atoms with Crippen LogP contribution in [-0.2, 0) is 13.1 Å². The molecule has 0 fully saturated rings. The maximum absolute atomic E-state index is 13.9. The van der Waals surface area contributed by atoms with Gasteiger partial charge in [-0.3, -0.25) is 4.79 Å². The smallest absolute Gasteiger partial charge is 0.255 e. The monoisotopic (exact) mass is 571 g/mol. The normalized spacial score (nSPS) is 10.8. The maximum atomic E-state index is 13.9. The molecule has 0 saturated heterocycles. The van der Waals surface area contributed by atoms with Crippen molar-refractivity contribution in [2.24, 2.45) is 0 Å². The quantitative estimate of drug-likeness (QED) is 0.179. The van der Waals surface area contributed by atoms with E-state index in [0.29, 0.717) is 45.2 Å². The second kappa shape index (κ2) is 12.3. The lowest BCUT2D eigenvalue weighted by Gasteiger charge is -2.24. The van der Waals surface area contributed by atoms with Crippen molar-refractivity contribution in [3.63, 3.8) is 0 Å². The fourth-order valence-corrected chi connectivity index (χ4v) is 4.76. The van der Waals surface area contributed by atoms with Crippen molar-refractivity contribution in [3.8, 4) is 23.1 Å². The number of carbonyl (C=O) groups is 1. The summed E-state index contributed by atoms with van der Waals surface area (Å²) >= 11 is 12.8. The number of rotatable bonds is 9. The first kappa shape index (κ1) is 27.3. The lowest BCUT2D eigenvalue weighted by molar-refractivity contribution is 0.0729. The first-order chi connectivity index (χ1) is 19.4. The number of hydrogen-bond acceptors (Lipinski definition) is 4. The number of amides is 1. The van der Waals surface area contributed by atoms with Crippen molar-refractivity contribution < 1.29 is 14.3 Å². The van der Waals surface area contributed by atoms with E-state index in [0.717, 1.165) is 16.8 Å². The zero-order chi connectivity index (χ0) is 28.1. The van der Waals surface area contributed by atoms with E-state index in [4.69, 9.17) is 37.8 Å². The van der Waals surface area contributed by atoms with Crippen LogP contribution in [0.3, 0.4) is 0 Å². The lowest BCUT2D eigenvalue weighted by Crippen LogP contribution is -2.30. The molecule has 6 nitrogen and oxygen atoms in total. The second-order valence-electron chi connectivity index (χ2n) is 9.17. The third-order valence-electron chi connectivity index (χ3n) is 6.42. The molecule has 0 radical (unpaired) electrons. The Hall–Kier alpha value is -4.26. The summed E-state index contributed by atoms with van der Waals surface area (Å²) in [7, 11) is 1.61. The van der Waals surface area contributed by atoms with E-state index in [1.807, 2.05) is 79.7 Å². The van der Waals surface area contributed by atoms with Gasteiger partial charge in [-0.15, -0.1) is 0 Å². The average Bonchev–Trinajstić information content (AvgIpc) is 3.28. The van der Waals surface area contributed by atoms with Crippen LogP contribution >= 0.6 is 23.2 Å². The van der Waals surface area contributed by atoms with Gasteiger partial charge in [-0.1, -0.05) is 71.7 Å². The third kappa shape index (κ3) is 6.14. The van der Waals surface area contributed by atoms with Gasteiger partial charge >= 0.3 is 0 Å². The predicted octanol–water partition coefficient (Wildman–Crippen LogP) is 8.13. The number of hydrogen-bond donors (Lipinski definition) is 0. The first-order valence-corrected chi connectivity index (χ1v) is 13.4. The van der Waals surface area contributed by atoms with Crippen LogP contribution in [0.15, 0.2) is 103 Å². The fraction of sp³-hybridized carbons (Fsp3) is 0.125. The van der Waals surface area contributed by atoms with Gasteiger partial charge in [0.1, 0.15) is 11.5 Å². The SMILES string of the molecule is COc1ccc(Oc2c(CN(Cc3ccccc3)C(=O)c3ccccc3Cl)c(C)nn2-c2cccc(Cl)c2)cc1. The van der Waals surface area contributed by atoms with Crippen molar-refractivity contribution in [2.45, 2.75) is 20.0 Å². The number of aryl methyl sites for hydroxylation is 1. The molecule has 202 valence electrons. The van der Waals surface area contributed by atoms with Gasteiger partial charge in [0.15, 0.2) is 0 Å². The van der Waals surface area contributed by atoms with Crippen molar-refractivity contribution in [1.82, 2.24) is 14.7 Å². The van der Waals surface area contributed by atoms with Crippen LogP contribution in [0.5, 0.6) is 17.4 Å². The summed E-state index contributed by atoms with van der Waals surface area (Å²) in [5, 5.41) is 5.77. The number of methoxy groups -OCH3 is 1. The molecule has 0 aliphatic rings. The number of halogens is 2. The van der Waals surface area contributed by atoms with Gasteiger partial charge in [0.2, 0.25) is 5.88 Å². The lowest BCUT2D eigenvalue weighted by atomic mass is 10.1. The van der Waals surface area contributed by atoms with E-state index in [2.05, 4.69) is 0 Å². The molecule has 0 saturated carbocycles. The van der Waals surface area contributed by atoms with Crippen LogP contribution in [0.2, 0.25) is 10.0 Å². The van der Waals surface area contributed by atoms with E-state index in [9.17, 15) is 4.79 Å². The van der Waals surface area contributed by atoms with E-state index < -0.39 is 0 Å². The first-order valence-electron chi connectivity index (χ1n) is 12.7. The molecule has 8 heteroatoms. The largest absolute Gasteiger partial charge is 0.497 e. The second-order valence-corrected chi connectivity index (χ2v) is 10.0. The molecule has 0 unspecified atom stereocenters. The number of carbonyl (C=O) groups excluding carboxylic acids is 1. The molecule has 5 aromatic rings. The minimum Gasteiger partial charge on any atom is -0.497 e. The molecule has 0 aliphatic heterocycles. The zero-order valence-corrected chi connectivity index (χ0v) is 23.6. The molecular weight excluding hydrogens is 545 g/mol. The Bertz CT molecular complexity index is 1620. The van der Waals surface area contributed by atoms with Crippen LogP contribution < -0.4 is 9.47 Å². The van der Waals surface area contributed by atoms with Gasteiger partial charge in [-0.05, 0) is 67.1 Å². The topological polar surface area (TPSA) is 56.6 Å². The van der Waals surface area contributed by atoms with Crippen molar-refractivity contribution >= 4 is 29.1 Å². The molecule has 0 N–H and O–H groups in total. The zero-order valence-electron chi connectivity index (χ0n) is 22.1.